The summed E-state index contributed by atoms with van der Waals surface area (Å²) < 4.78 is 1.96. The standard InChI is InChI=1S/C20H28N6O.HI/c1-3-21-20(22-9-6-10-26-14-15(2)12-24-26)23-13-16-11-19(27)25-18-8-5-4-7-17(16)18;/h4-5,7-8,12,14,16H,3,6,9-11,13H2,1-2H3,(H,25,27)(H2,21,22,23);1H. The molecule has 8 heteroatoms. The number of amides is 1. The van der Waals surface area contributed by atoms with E-state index in [1.165, 1.54) is 5.56 Å². The summed E-state index contributed by atoms with van der Waals surface area (Å²) in [6.45, 7) is 7.15. The second-order valence-electron chi connectivity index (χ2n) is 6.82. The third kappa shape index (κ3) is 6.22. The van der Waals surface area contributed by atoms with Gasteiger partial charge in [0, 0.05) is 43.9 Å². The molecule has 0 saturated heterocycles. The average molecular weight is 496 g/mol. The molecule has 7 nitrogen and oxygen atoms in total. The Balaban J connectivity index is 0.00000280. The molecule has 0 radical (unpaired) electrons. The van der Waals surface area contributed by atoms with E-state index in [-0.39, 0.29) is 35.8 Å². The Kier molecular flexibility index (Phi) is 8.75. The third-order valence-corrected chi connectivity index (χ3v) is 4.54. The average Bonchev–Trinajstić information content (AvgIpc) is 3.08. The molecule has 2 heterocycles. The minimum Gasteiger partial charge on any atom is -0.357 e. The number of nitrogens with one attached hydrogen (secondary N) is 3. The Labute approximate surface area is 183 Å². The van der Waals surface area contributed by atoms with Gasteiger partial charge in [-0.2, -0.15) is 5.10 Å². The molecule has 3 N–H and O–H groups in total. The lowest BCUT2D eigenvalue weighted by Gasteiger charge is -2.24. The van der Waals surface area contributed by atoms with Gasteiger partial charge >= 0.3 is 0 Å². The number of benzene rings is 1. The largest absolute Gasteiger partial charge is 0.357 e. The number of aliphatic imine (C=N–C) groups is 1. The lowest BCUT2D eigenvalue weighted by molar-refractivity contribution is -0.116. The van der Waals surface area contributed by atoms with Gasteiger partial charge in [0.05, 0.1) is 12.7 Å². The van der Waals surface area contributed by atoms with E-state index in [4.69, 9.17) is 4.99 Å². The molecule has 1 aliphatic heterocycles. The van der Waals surface area contributed by atoms with Gasteiger partial charge in [0.1, 0.15) is 0 Å². The summed E-state index contributed by atoms with van der Waals surface area (Å²) >= 11 is 0. The molecule has 1 amide bonds. The molecule has 1 atom stereocenters. The maximum absolute atomic E-state index is 12.0. The third-order valence-electron chi connectivity index (χ3n) is 4.54. The number of fused-ring (bicyclic) bond motifs is 1. The molecule has 0 saturated carbocycles. The van der Waals surface area contributed by atoms with Crippen LogP contribution in [0.5, 0.6) is 0 Å². The molecular formula is C20H29IN6O. The van der Waals surface area contributed by atoms with Crippen molar-refractivity contribution >= 4 is 41.5 Å². The first kappa shape index (κ1) is 22.2. The van der Waals surface area contributed by atoms with Crippen molar-refractivity contribution in [2.45, 2.75) is 39.2 Å². The number of halogens is 1. The molecule has 1 aliphatic rings. The number of guanidine groups is 1. The number of anilines is 1. The molecular weight excluding hydrogens is 467 g/mol. The second-order valence-corrected chi connectivity index (χ2v) is 6.82. The van der Waals surface area contributed by atoms with Crippen LogP contribution in [-0.2, 0) is 11.3 Å². The monoisotopic (exact) mass is 496 g/mol. The van der Waals surface area contributed by atoms with Crippen molar-refractivity contribution < 1.29 is 4.79 Å². The summed E-state index contributed by atoms with van der Waals surface area (Å²) in [6.07, 6.45) is 5.35. The molecule has 1 unspecified atom stereocenters. The first-order chi connectivity index (χ1) is 13.2. The molecule has 2 aromatic rings. The van der Waals surface area contributed by atoms with Crippen molar-refractivity contribution in [2.24, 2.45) is 4.99 Å². The van der Waals surface area contributed by atoms with Gasteiger partial charge in [-0.05, 0) is 37.5 Å². The molecule has 1 aromatic heterocycles. The van der Waals surface area contributed by atoms with Gasteiger partial charge in [0.25, 0.3) is 0 Å². The summed E-state index contributed by atoms with van der Waals surface area (Å²) in [5.41, 5.74) is 3.24. The Bertz CT molecular complexity index is 803. The van der Waals surface area contributed by atoms with E-state index in [9.17, 15) is 4.79 Å². The van der Waals surface area contributed by atoms with Crippen LogP contribution < -0.4 is 16.0 Å². The summed E-state index contributed by atoms with van der Waals surface area (Å²) in [6, 6.07) is 7.97. The summed E-state index contributed by atoms with van der Waals surface area (Å²) in [5, 5.41) is 13.9. The van der Waals surface area contributed by atoms with Crippen LogP contribution in [0.2, 0.25) is 0 Å². The first-order valence-corrected chi connectivity index (χ1v) is 9.55. The van der Waals surface area contributed by atoms with Crippen molar-refractivity contribution in [3.05, 3.63) is 47.8 Å². The zero-order valence-electron chi connectivity index (χ0n) is 16.4. The van der Waals surface area contributed by atoms with E-state index in [1.807, 2.05) is 49.1 Å². The van der Waals surface area contributed by atoms with Gasteiger partial charge in [-0.1, -0.05) is 18.2 Å². The number of aromatic nitrogens is 2. The van der Waals surface area contributed by atoms with Crippen LogP contribution in [-0.4, -0.2) is 41.3 Å². The number of carbonyl (C=O) groups is 1. The van der Waals surface area contributed by atoms with Gasteiger partial charge in [-0.15, -0.1) is 24.0 Å². The molecule has 0 spiro atoms. The number of carbonyl (C=O) groups excluding carboxylic acids is 1. The molecule has 152 valence electrons. The van der Waals surface area contributed by atoms with Gasteiger partial charge in [-0.3, -0.25) is 14.5 Å². The minimum atomic E-state index is 0. The normalized spacial score (nSPS) is 16.0. The molecule has 0 aliphatic carbocycles. The maximum atomic E-state index is 12.0. The fraction of sp³-hybridized carbons (Fsp3) is 0.450. The summed E-state index contributed by atoms with van der Waals surface area (Å²) in [4.78, 5) is 16.7. The van der Waals surface area contributed by atoms with Crippen LogP contribution in [0.4, 0.5) is 5.69 Å². The lowest BCUT2D eigenvalue weighted by atomic mass is 9.91. The SMILES string of the molecule is CCNC(=NCC1CC(=O)Nc2ccccc21)NCCCn1cc(C)cn1.I. The molecule has 0 fully saturated rings. The van der Waals surface area contributed by atoms with E-state index in [2.05, 4.69) is 27.1 Å². The Morgan fingerprint density at radius 3 is 2.93 bits per heavy atom. The van der Waals surface area contributed by atoms with E-state index >= 15 is 0 Å². The van der Waals surface area contributed by atoms with Crippen LogP contribution >= 0.6 is 24.0 Å². The topological polar surface area (TPSA) is 83.3 Å². The molecule has 28 heavy (non-hydrogen) atoms. The van der Waals surface area contributed by atoms with E-state index in [0.29, 0.717) is 13.0 Å². The highest BCUT2D eigenvalue weighted by Gasteiger charge is 2.24. The number of nitrogens with zero attached hydrogens (tertiary/aromatic N) is 3. The fourth-order valence-corrected chi connectivity index (χ4v) is 3.25. The Hall–Kier alpha value is -2.10. The van der Waals surface area contributed by atoms with Gasteiger partial charge in [0.15, 0.2) is 5.96 Å². The maximum Gasteiger partial charge on any atom is 0.225 e. The van der Waals surface area contributed by atoms with Crippen molar-refractivity contribution in [1.29, 1.82) is 0 Å². The fourth-order valence-electron chi connectivity index (χ4n) is 3.25. The highest BCUT2D eigenvalue weighted by atomic mass is 127. The smallest absolute Gasteiger partial charge is 0.225 e. The van der Waals surface area contributed by atoms with E-state index < -0.39 is 0 Å². The number of hydrogen-bond donors (Lipinski definition) is 3. The van der Waals surface area contributed by atoms with Crippen LogP contribution in [0, 0.1) is 6.92 Å². The highest BCUT2D eigenvalue weighted by molar-refractivity contribution is 14.0. The van der Waals surface area contributed by atoms with Crippen LogP contribution in [0.1, 0.15) is 36.8 Å². The second kappa shape index (κ2) is 11.0. The van der Waals surface area contributed by atoms with Crippen molar-refractivity contribution in [3.8, 4) is 0 Å². The van der Waals surface area contributed by atoms with Crippen LogP contribution in [0.3, 0.4) is 0 Å². The molecule has 3 rings (SSSR count). The number of para-hydroxylation sites is 1. The Morgan fingerprint density at radius 2 is 2.18 bits per heavy atom. The summed E-state index contributed by atoms with van der Waals surface area (Å²) in [7, 11) is 0. The van der Waals surface area contributed by atoms with Crippen molar-refractivity contribution in [1.82, 2.24) is 20.4 Å². The summed E-state index contributed by atoms with van der Waals surface area (Å²) in [5.74, 6) is 0.955. The lowest BCUT2D eigenvalue weighted by Crippen LogP contribution is -2.38. The van der Waals surface area contributed by atoms with E-state index in [1.54, 1.807) is 0 Å². The van der Waals surface area contributed by atoms with Crippen LogP contribution in [0.15, 0.2) is 41.7 Å². The van der Waals surface area contributed by atoms with E-state index in [0.717, 1.165) is 43.3 Å². The number of hydrogen-bond acceptors (Lipinski definition) is 3. The van der Waals surface area contributed by atoms with Crippen LogP contribution in [0.25, 0.3) is 0 Å². The Morgan fingerprint density at radius 1 is 1.36 bits per heavy atom. The minimum absolute atomic E-state index is 0. The van der Waals surface area contributed by atoms with Crippen molar-refractivity contribution in [3.63, 3.8) is 0 Å². The zero-order chi connectivity index (χ0) is 19.1. The van der Waals surface area contributed by atoms with Gasteiger partial charge in [0.2, 0.25) is 5.91 Å². The van der Waals surface area contributed by atoms with Gasteiger partial charge < -0.3 is 16.0 Å². The predicted molar refractivity (Wildman–Crippen MR) is 123 cm³/mol. The zero-order valence-corrected chi connectivity index (χ0v) is 18.8. The number of rotatable bonds is 7. The van der Waals surface area contributed by atoms with Crippen molar-refractivity contribution in [2.75, 3.05) is 25.0 Å². The first-order valence-electron chi connectivity index (χ1n) is 9.55. The quantitative estimate of drug-likeness (QED) is 0.238. The van der Waals surface area contributed by atoms with Gasteiger partial charge in [-0.25, -0.2) is 0 Å². The molecule has 0 bridgehead atoms. The predicted octanol–water partition coefficient (Wildman–Crippen LogP) is 2.88. The molecule has 1 aromatic carbocycles. The number of aryl methyl sites for hydroxylation is 2. The highest BCUT2D eigenvalue weighted by Crippen LogP contribution is 2.31.